The van der Waals surface area contributed by atoms with Crippen molar-refractivity contribution in [3.8, 4) is 11.1 Å². The summed E-state index contributed by atoms with van der Waals surface area (Å²) >= 11 is 0. The van der Waals surface area contributed by atoms with E-state index in [9.17, 15) is 0 Å². The molecule has 22 heavy (non-hydrogen) atoms. The average molecular weight is 290 g/mol. The Hall–Kier alpha value is -2.55. The van der Waals surface area contributed by atoms with E-state index in [-0.39, 0.29) is 0 Å². The summed E-state index contributed by atoms with van der Waals surface area (Å²) in [4.78, 5) is 2.38. The Morgan fingerprint density at radius 1 is 1.00 bits per heavy atom. The van der Waals surface area contributed by atoms with Crippen LogP contribution in [0, 0.1) is 13.8 Å². The standard InChI is InChI=1S/C19H18N2O/c1-13-19(14(2)22-20-13)16-7-9-17(10-8-16)21-12-11-15-5-3-4-6-18(15)21/h3-10H,11-12H2,1-2H3. The summed E-state index contributed by atoms with van der Waals surface area (Å²) in [6, 6.07) is 17.3. The van der Waals surface area contributed by atoms with Crippen LogP contribution >= 0.6 is 0 Å². The number of nitrogens with zero attached hydrogens (tertiary/aromatic N) is 2. The molecule has 1 aliphatic heterocycles. The summed E-state index contributed by atoms with van der Waals surface area (Å²) < 4.78 is 5.27. The quantitative estimate of drug-likeness (QED) is 0.688. The maximum absolute atomic E-state index is 5.27. The van der Waals surface area contributed by atoms with Crippen molar-refractivity contribution in [1.29, 1.82) is 0 Å². The van der Waals surface area contributed by atoms with Crippen molar-refractivity contribution in [1.82, 2.24) is 5.16 Å². The fourth-order valence-electron chi connectivity index (χ4n) is 3.31. The minimum absolute atomic E-state index is 0.872. The number of fused-ring (bicyclic) bond motifs is 1. The van der Waals surface area contributed by atoms with Crippen molar-refractivity contribution >= 4 is 11.4 Å². The van der Waals surface area contributed by atoms with Gasteiger partial charge in [0.1, 0.15) is 5.76 Å². The summed E-state index contributed by atoms with van der Waals surface area (Å²) in [6.07, 6.45) is 1.11. The number of aryl methyl sites for hydroxylation is 2. The van der Waals surface area contributed by atoms with Gasteiger partial charge in [-0.3, -0.25) is 0 Å². The van der Waals surface area contributed by atoms with Crippen molar-refractivity contribution in [2.24, 2.45) is 0 Å². The molecule has 3 nitrogen and oxygen atoms in total. The van der Waals surface area contributed by atoms with Gasteiger partial charge >= 0.3 is 0 Å². The number of rotatable bonds is 2. The van der Waals surface area contributed by atoms with Gasteiger partial charge in [-0.05, 0) is 49.6 Å². The lowest BCUT2D eigenvalue weighted by molar-refractivity contribution is 0.393. The molecule has 1 aliphatic rings. The normalized spacial score (nSPS) is 13.5. The molecule has 0 bridgehead atoms. The molecule has 110 valence electrons. The first-order valence-corrected chi connectivity index (χ1v) is 7.63. The highest BCUT2D eigenvalue weighted by Crippen LogP contribution is 2.35. The first-order chi connectivity index (χ1) is 10.7. The van der Waals surface area contributed by atoms with Gasteiger partial charge in [0.25, 0.3) is 0 Å². The minimum atomic E-state index is 0.872. The zero-order valence-corrected chi connectivity index (χ0v) is 12.8. The van der Waals surface area contributed by atoms with Crippen LogP contribution in [0.15, 0.2) is 53.1 Å². The SMILES string of the molecule is Cc1noc(C)c1-c1ccc(N2CCc3ccccc32)cc1. The Bertz CT molecular complexity index is 798. The van der Waals surface area contributed by atoms with Gasteiger partial charge in [0, 0.05) is 23.5 Å². The molecule has 0 amide bonds. The van der Waals surface area contributed by atoms with Gasteiger partial charge in [-0.25, -0.2) is 0 Å². The maximum Gasteiger partial charge on any atom is 0.141 e. The Labute approximate surface area is 130 Å². The molecule has 3 aromatic rings. The summed E-state index contributed by atoms with van der Waals surface area (Å²) in [7, 11) is 0. The molecular weight excluding hydrogens is 272 g/mol. The number of hydrogen-bond acceptors (Lipinski definition) is 3. The van der Waals surface area contributed by atoms with Gasteiger partial charge in [0.15, 0.2) is 0 Å². The molecule has 0 atom stereocenters. The Kier molecular flexibility index (Phi) is 3.00. The molecule has 0 saturated heterocycles. The van der Waals surface area contributed by atoms with Crippen LogP contribution < -0.4 is 4.90 Å². The van der Waals surface area contributed by atoms with E-state index >= 15 is 0 Å². The molecule has 3 heteroatoms. The second-order valence-electron chi connectivity index (χ2n) is 5.78. The largest absolute Gasteiger partial charge is 0.361 e. The van der Waals surface area contributed by atoms with Crippen molar-refractivity contribution < 1.29 is 4.52 Å². The highest BCUT2D eigenvalue weighted by Gasteiger charge is 2.20. The Balaban J connectivity index is 1.69. The second-order valence-corrected chi connectivity index (χ2v) is 5.78. The molecule has 2 heterocycles. The van der Waals surface area contributed by atoms with Crippen molar-refractivity contribution in [2.75, 3.05) is 11.4 Å². The van der Waals surface area contributed by atoms with Crippen LogP contribution in [-0.4, -0.2) is 11.7 Å². The van der Waals surface area contributed by atoms with Gasteiger partial charge in [-0.15, -0.1) is 0 Å². The van der Waals surface area contributed by atoms with Crippen molar-refractivity contribution in [2.45, 2.75) is 20.3 Å². The molecule has 0 aliphatic carbocycles. The Morgan fingerprint density at radius 3 is 2.50 bits per heavy atom. The minimum Gasteiger partial charge on any atom is -0.361 e. The zero-order valence-electron chi connectivity index (χ0n) is 12.8. The van der Waals surface area contributed by atoms with E-state index in [4.69, 9.17) is 4.52 Å². The third kappa shape index (κ3) is 2.01. The number of anilines is 2. The fraction of sp³-hybridized carbons (Fsp3) is 0.211. The lowest BCUT2D eigenvalue weighted by atomic mass is 10.0. The van der Waals surface area contributed by atoms with Crippen LogP contribution in [-0.2, 0) is 6.42 Å². The lowest BCUT2D eigenvalue weighted by Gasteiger charge is -2.19. The van der Waals surface area contributed by atoms with Gasteiger partial charge < -0.3 is 9.42 Å². The average Bonchev–Trinajstić information content (AvgIpc) is 3.11. The van der Waals surface area contributed by atoms with Gasteiger partial charge in [-0.2, -0.15) is 0 Å². The predicted molar refractivity (Wildman–Crippen MR) is 88.6 cm³/mol. The van der Waals surface area contributed by atoms with Gasteiger partial charge in [0.05, 0.1) is 5.69 Å². The van der Waals surface area contributed by atoms with E-state index in [0.717, 1.165) is 35.5 Å². The van der Waals surface area contributed by atoms with Crippen LogP contribution in [0.5, 0.6) is 0 Å². The lowest BCUT2D eigenvalue weighted by Crippen LogP contribution is -2.12. The highest BCUT2D eigenvalue weighted by molar-refractivity contribution is 5.74. The summed E-state index contributed by atoms with van der Waals surface area (Å²) in [5, 5.41) is 4.04. The maximum atomic E-state index is 5.27. The van der Waals surface area contributed by atoms with E-state index in [1.165, 1.54) is 16.9 Å². The highest BCUT2D eigenvalue weighted by atomic mass is 16.5. The van der Waals surface area contributed by atoms with Gasteiger partial charge in [0.2, 0.25) is 0 Å². The number of hydrogen-bond donors (Lipinski definition) is 0. The summed E-state index contributed by atoms with van der Waals surface area (Å²) in [6.45, 7) is 4.99. The first kappa shape index (κ1) is 13.1. The number of benzene rings is 2. The number of para-hydroxylation sites is 1. The smallest absolute Gasteiger partial charge is 0.141 e. The molecule has 0 unspecified atom stereocenters. The molecular formula is C19H18N2O. The second kappa shape index (κ2) is 5.02. The van der Waals surface area contributed by atoms with Crippen molar-refractivity contribution in [3.05, 3.63) is 65.5 Å². The topological polar surface area (TPSA) is 29.3 Å². The summed E-state index contributed by atoms with van der Waals surface area (Å²) in [5.41, 5.74) is 7.20. The zero-order chi connectivity index (χ0) is 15.1. The monoisotopic (exact) mass is 290 g/mol. The Morgan fingerprint density at radius 2 is 1.77 bits per heavy atom. The molecule has 2 aromatic carbocycles. The van der Waals surface area contributed by atoms with Crippen LogP contribution in [0.2, 0.25) is 0 Å². The molecule has 0 saturated carbocycles. The van der Waals surface area contributed by atoms with Crippen molar-refractivity contribution in [3.63, 3.8) is 0 Å². The third-order valence-corrected chi connectivity index (χ3v) is 4.39. The van der Waals surface area contributed by atoms with Crippen LogP contribution in [0.3, 0.4) is 0 Å². The molecule has 1 aromatic heterocycles. The summed E-state index contributed by atoms with van der Waals surface area (Å²) in [5.74, 6) is 0.872. The predicted octanol–water partition coefficient (Wildman–Crippen LogP) is 4.65. The van der Waals surface area contributed by atoms with Crippen LogP contribution in [0.1, 0.15) is 17.0 Å². The first-order valence-electron chi connectivity index (χ1n) is 7.63. The van der Waals surface area contributed by atoms with E-state index in [0.29, 0.717) is 0 Å². The molecule has 0 N–H and O–H groups in total. The van der Waals surface area contributed by atoms with Crippen LogP contribution in [0.4, 0.5) is 11.4 Å². The fourth-order valence-corrected chi connectivity index (χ4v) is 3.31. The molecule has 4 rings (SSSR count). The molecule has 0 fully saturated rings. The third-order valence-electron chi connectivity index (χ3n) is 4.39. The molecule has 0 radical (unpaired) electrons. The van der Waals surface area contributed by atoms with E-state index < -0.39 is 0 Å². The van der Waals surface area contributed by atoms with E-state index in [1.807, 2.05) is 13.8 Å². The van der Waals surface area contributed by atoms with E-state index in [1.54, 1.807) is 0 Å². The van der Waals surface area contributed by atoms with Gasteiger partial charge in [-0.1, -0.05) is 35.5 Å². The number of aromatic nitrogens is 1. The molecule has 0 spiro atoms. The van der Waals surface area contributed by atoms with Crippen LogP contribution in [0.25, 0.3) is 11.1 Å². The van der Waals surface area contributed by atoms with E-state index in [2.05, 4.69) is 58.6 Å².